The Bertz CT molecular complexity index is 949. The second-order valence-electron chi connectivity index (χ2n) is 4.83. The van der Waals surface area contributed by atoms with Crippen LogP contribution in [-0.4, -0.2) is 22.4 Å². The number of aryl methyl sites for hydroxylation is 1. The lowest BCUT2D eigenvalue weighted by molar-refractivity contribution is 0.588. The molecule has 0 saturated carbocycles. The van der Waals surface area contributed by atoms with E-state index in [0.29, 0.717) is 11.2 Å². The highest BCUT2D eigenvalue weighted by Crippen LogP contribution is 2.26. The van der Waals surface area contributed by atoms with Crippen LogP contribution in [0.1, 0.15) is 11.3 Å². The van der Waals surface area contributed by atoms with Gasteiger partial charge in [-0.25, -0.2) is 22.4 Å². The molecule has 2 heterocycles. The van der Waals surface area contributed by atoms with Crippen LogP contribution in [0.3, 0.4) is 0 Å². The Morgan fingerprint density at radius 2 is 1.95 bits per heavy atom. The van der Waals surface area contributed by atoms with Crippen molar-refractivity contribution in [3.8, 4) is 0 Å². The van der Waals surface area contributed by atoms with E-state index in [1.54, 1.807) is 24.3 Å². The summed E-state index contributed by atoms with van der Waals surface area (Å²) in [5.74, 6) is 0. The third-order valence-corrected chi connectivity index (χ3v) is 5.20. The van der Waals surface area contributed by atoms with Crippen LogP contribution in [0.2, 0.25) is 5.02 Å². The smallest absolute Gasteiger partial charge is 0.269 e. The molecule has 1 aromatic carbocycles. The van der Waals surface area contributed by atoms with Crippen molar-refractivity contribution in [3.63, 3.8) is 0 Å². The van der Waals surface area contributed by atoms with Crippen molar-refractivity contribution in [2.45, 2.75) is 18.4 Å². The van der Waals surface area contributed by atoms with Gasteiger partial charge < -0.3 is 5.73 Å². The summed E-state index contributed by atoms with van der Waals surface area (Å²) in [4.78, 5) is 8.53. The molecule has 8 heteroatoms. The van der Waals surface area contributed by atoms with Crippen molar-refractivity contribution in [1.82, 2.24) is 13.9 Å². The number of hydrogen-bond donors (Lipinski definition) is 1. The maximum absolute atomic E-state index is 12.7. The fraction of sp³-hybridized carbons (Fsp3) is 0.143. The summed E-state index contributed by atoms with van der Waals surface area (Å²) in [5, 5.41) is 0.216. The number of halogens is 1. The van der Waals surface area contributed by atoms with Crippen molar-refractivity contribution < 1.29 is 8.42 Å². The lowest BCUT2D eigenvalue weighted by atomic mass is 10.2. The van der Waals surface area contributed by atoms with Gasteiger partial charge in [0.25, 0.3) is 10.0 Å². The number of fused-ring (bicyclic) bond motifs is 1. The minimum Gasteiger partial charge on any atom is -0.325 e. The molecule has 0 fully saturated rings. The van der Waals surface area contributed by atoms with Gasteiger partial charge in [0.05, 0.1) is 21.8 Å². The van der Waals surface area contributed by atoms with Gasteiger partial charge in [0.2, 0.25) is 0 Å². The van der Waals surface area contributed by atoms with E-state index in [1.807, 2.05) is 6.92 Å². The predicted molar refractivity (Wildman–Crippen MR) is 84.2 cm³/mol. The highest BCUT2D eigenvalue weighted by Gasteiger charge is 2.22. The summed E-state index contributed by atoms with van der Waals surface area (Å²) < 4.78 is 26.5. The first-order valence-corrected chi connectivity index (χ1v) is 8.30. The molecule has 0 unspecified atom stereocenters. The van der Waals surface area contributed by atoms with Crippen LogP contribution in [-0.2, 0) is 16.6 Å². The molecule has 0 aliphatic heterocycles. The van der Waals surface area contributed by atoms with E-state index in [2.05, 4.69) is 9.97 Å². The molecule has 0 atom stereocenters. The summed E-state index contributed by atoms with van der Waals surface area (Å²) in [5.41, 5.74) is 7.54. The monoisotopic (exact) mass is 336 g/mol. The van der Waals surface area contributed by atoms with E-state index >= 15 is 0 Å². The maximum atomic E-state index is 12.7. The van der Waals surface area contributed by atoms with Crippen LogP contribution in [0.4, 0.5) is 0 Å². The molecule has 0 aliphatic rings. The average molecular weight is 337 g/mol. The zero-order chi connectivity index (χ0) is 15.9. The molecule has 0 bridgehead atoms. The van der Waals surface area contributed by atoms with Crippen molar-refractivity contribution in [2.24, 2.45) is 5.73 Å². The standard InChI is InChI=1S/C14H13ClN4O2S/c1-9-2-4-11(5-3-9)22(20,21)19-8-12(15)13-14(19)17-7-10(6-16)18-13/h2-5,7-8H,6,16H2,1H3. The zero-order valence-corrected chi connectivity index (χ0v) is 13.3. The summed E-state index contributed by atoms with van der Waals surface area (Å²) in [6.45, 7) is 2.09. The van der Waals surface area contributed by atoms with E-state index in [-0.39, 0.29) is 22.1 Å². The minimum absolute atomic E-state index is 0.163. The first-order chi connectivity index (χ1) is 10.4. The molecule has 0 saturated heterocycles. The summed E-state index contributed by atoms with van der Waals surface area (Å²) >= 11 is 6.10. The highest BCUT2D eigenvalue weighted by molar-refractivity contribution is 7.90. The molecule has 3 rings (SSSR count). The Hall–Kier alpha value is -1.96. The average Bonchev–Trinajstić information content (AvgIpc) is 2.85. The van der Waals surface area contributed by atoms with Gasteiger partial charge in [-0.05, 0) is 19.1 Å². The SMILES string of the molecule is Cc1ccc(S(=O)(=O)n2cc(Cl)c3nc(CN)cnc32)cc1. The summed E-state index contributed by atoms with van der Waals surface area (Å²) in [6, 6.07) is 6.56. The minimum atomic E-state index is -3.78. The molecule has 2 N–H and O–H groups in total. The highest BCUT2D eigenvalue weighted by atomic mass is 35.5. The number of nitrogens with two attached hydrogens (primary N) is 1. The lowest BCUT2D eigenvalue weighted by Crippen LogP contribution is -2.13. The lowest BCUT2D eigenvalue weighted by Gasteiger charge is -2.07. The predicted octanol–water partition coefficient (Wildman–Crippen LogP) is 2.09. The number of rotatable bonds is 3. The zero-order valence-electron chi connectivity index (χ0n) is 11.7. The Labute approximate surface area is 132 Å². The van der Waals surface area contributed by atoms with Crippen LogP contribution in [0, 0.1) is 6.92 Å². The quantitative estimate of drug-likeness (QED) is 0.790. The number of hydrogen-bond acceptors (Lipinski definition) is 5. The molecule has 0 radical (unpaired) electrons. The molecule has 3 aromatic rings. The number of benzene rings is 1. The van der Waals surface area contributed by atoms with Gasteiger partial charge in [-0.3, -0.25) is 0 Å². The van der Waals surface area contributed by atoms with Gasteiger partial charge >= 0.3 is 0 Å². The Balaban J connectivity index is 2.23. The molecule has 0 aliphatic carbocycles. The number of nitrogens with zero attached hydrogens (tertiary/aromatic N) is 3. The number of aromatic nitrogens is 3. The topological polar surface area (TPSA) is 90.9 Å². The van der Waals surface area contributed by atoms with Gasteiger partial charge in [-0.15, -0.1) is 0 Å². The van der Waals surface area contributed by atoms with Crippen molar-refractivity contribution >= 4 is 32.8 Å². The normalized spacial score (nSPS) is 12.0. The van der Waals surface area contributed by atoms with Crippen LogP contribution < -0.4 is 5.73 Å². The molecule has 6 nitrogen and oxygen atoms in total. The van der Waals surface area contributed by atoms with Crippen LogP contribution in [0.5, 0.6) is 0 Å². The van der Waals surface area contributed by atoms with Crippen molar-refractivity contribution in [3.05, 3.63) is 52.9 Å². The van der Waals surface area contributed by atoms with Crippen LogP contribution in [0.25, 0.3) is 11.2 Å². The van der Waals surface area contributed by atoms with Gasteiger partial charge in [0.1, 0.15) is 5.52 Å². The van der Waals surface area contributed by atoms with Gasteiger partial charge in [0.15, 0.2) is 5.65 Å². The Kier molecular flexibility index (Phi) is 3.64. The van der Waals surface area contributed by atoms with E-state index < -0.39 is 10.0 Å². The van der Waals surface area contributed by atoms with Crippen molar-refractivity contribution in [2.75, 3.05) is 0 Å². The molecule has 0 amide bonds. The molecule has 114 valence electrons. The molecule has 2 aromatic heterocycles. The summed E-state index contributed by atoms with van der Waals surface area (Å²) in [7, 11) is -3.78. The molecular formula is C14H13ClN4O2S. The van der Waals surface area contributed by atoms with E-state index in [9.17, 15) is 8.42 Å². The van der Waals surface area contributed by atoms with E-state index in [0.717, 1.165) is 9.54 Å². The van der Waals surface area contributed by atoms with Gasteiger partial charge in [0, 0.05) is 12.7 Å². The second-order valence-corrected chi connectivity index (χ2v) is 7.05. The molecule has 22 heavy (non-hydrogen) atoms. The maximum Gasteiger partial charge on any atom is 0.269 e. The first-order valence-electron chi connectivity index (χ1n) is 6.48. The van der Waals surface area contributed by atoms with Crippen LogP contribution >= 0.6 is 11.6 Å². The van der Waals surface area contributed by atoms with Crippen LogP contribution in [0.15, 0.2) is 41.6 Å². The summed E-state index contributed by atoms with van der Waals surface area (Å²) in [6.07, 6.45) is 2.75. The Morgan fingerprint density at radius 3 is 2.59 bits per heavy atom. The largest absolute Gasteiger partial charge is 0.325 e. The van der Waals surface area contributed by atoms with Gasteiger partial charge in [-0.2, -0.15) is 0 Å². The fourth-order valence-corrected chi connectivity index (χ4v) is 3.67. The van der Waals surface area contributed by atoms with Gasteiger partial charge in [-0.1, -0.05) is 29.3 Å². The second kappa shape index (κ2) is 5.35. The van der Waals surface area contributed by atoms with E-state index in [1.165, 1.54) is 12.4 Å². The molecular weight excluding hydrogens is 324 g/mol. The third kappa shape index (κ3) is 2.37. The first kappa shape index (κ1) is 15.0. The van der Waals surface area contributed by atoms with E-state index in [4.69, 9.17) is 17.3 Å². The van der Waals surface area contributed by atoms with Crippen molar-refractivity contribution in [1.29, 1.82) is 0 Å². The third-order valence-electron chi connectivity index (χ3n) is 3.26. The fourth-order valence-electron chi connectivity index (χ4n) is 2.07. The molecule has 0 spiro atoms. The Morgan fingerprint density at radius 1 is 1.27 bits per heavy atom.